The van der Waals surface area contributed by atoms with Gasteiger partial charge in [0.2, 0.25) is 5.88 Å². The van der Waals surface area contributed by atoms with Gasteiger partial charge in [0.25, 0.3) is 0 Å². The number of aromatic nitrogens is 1. The van der Waals surface area contributed by atoms with Crippen LogP contribution in [0.3, 0.4) is 0 Å². The lowest BCUT2D eigenvalue weighted by Gasteiger charge is -2.50. The fourth-order valence-corrected chi connectivity index (χ4v) is 4.37. The zero-order valence-corrected chi connectivity index (χ0v) is 16.0. The molecule has 1 aromatic carbocycles. The van der Waals surface area contributed by atoms with Crippen molar-refractivity contribution >= 4 is 0 Å². The fourth-order valence-electron chi connectivity index (χ4n) is 4.37. The molecular formula is C22H28N2O3. The Hall–Kier alpha value is -2.11. The van der Waals surface area contributed by atoms with Gasteiger partial charge < -0.3 is 14.2 Å². The van der Waals surface area contributed by atoms with Crippen molar-refractivity contribution in [2.75, 3.05) is 33.4 Å². The van der Waals surface area contributed by atoms with E-state index in [1.807, 2.05) is 30.3 Å². The van der Waals surface area contributed by atoms with Crippen molar-refractivity contribution < 1.29 is 14.2 Å². The number of hydrogen-bond acceptors (Lipinski definition) is 5. The number of nitrogens with zero attached hydrogens (tertiary/aromatic N) is 2. The maximum atomic E-state index is 6.16. The second-order valence-electron chi connectivity index (χ2n) is 7.63. The SMILES string of the molecule is COc1ccc(CN2CC[C@H]3OCCC[C@]3(COc3ccccn3)C2)cc1. The van der Waals surface area contributed by atoms with Gasteiger partial charge in [-0.15, -0.1) is 0 Å². The highest BCUT2D eigenvalue weighted by molar-refractivity contribution is 5.27. The van der Waals surface area contributed by atoms with E-state index in [1.165, 1.54) is 5.56 Å². The lowest BCUT2D eigenvalue weighted by molar-refractivity contribution is -0.141. The van der Waals surface area contributed by atoms with E-state index in [2.05, 4.69) is 22.0 Å². The zero-order chi connectivity index (χ0) is 18.5. The summed E-state index contributed by atoms with van der Waals surface area (Å²) in [6.07, 6.45) is 5.35. The molecule has 0 unspecified atom stereocenters. The van der Waals surface area contributed by atoms with Crippen LogP contribution in [0.1, 0.15) is 24.8 Å². The van der Waals surface area contributed by atoms with Gasteiger partial charge in [-0.05, 0) is 43.0 Å². The molecule has 0 N–H and O–H groups in total. The van der Waals surface area contributed by atoms with Crippen LogP contribution >= 0.6 is 0 Å². The van der Waals surface area contributed by atoms with Crippen molar-refractivity contribution in [1.29, 1.82) is 0 Å². The van der Waals surface area contributed by atoms with E-state index >= 15 is 0 Å². The van der Waals surface area contributed by atoms with Crippen LogP contribution in [0.15, 0.2) is 48.7 Å². The van der Waals surface area contributed by atoms with Crippen LogP contribution in [0.25, 0.3) is 0 Å². The average molecular weight is 368 g/mol. The van der Waals surface area contributed by atoms with Crippen LogP contribution < -0.4 is 9.47 Å². The van der Waals surface area contributed by atoms with Gasteiger partial charge in [-0.1, -0.05) is 18.2 Å². The molecule has 0 radical (unpaired) electrons. The van der Waals surface area contributed by atoms with Gasteiger partial charge in [-0.3, -0.25) is 4.90 Å². The van der Waals surface area contributed by atoms with Crippen LogP contribution in [0, 0.1) is 5.41 Å². The van der Waals surface area contributed by atoms with Crippen molar-refractivity contribution in [1.82, 2.24) is 9.88 Å². The monoisotopic (exact) mass is 368 g/mol. The van der Waals surface area contributed by atoms with Gasteiger partial charge in [0.1, 0.15) is 5.75 Å². The van der Waals surface area contributed by atoms with Gasteiger partial charge >= 0.3 is 0 Å². The Bertz CT molecular complexity index is 722. The molecule has 2 atom stereocenters. The highest BCUT2D eigenvalue weighted by Gasteiger charge is 2.46. The number of likely N-dealkylation sites (tertiary alicyclic amines) is 1. The first-order valence-electron chi connectivity index (χ1n) is 9.78. The number of hydrogen-bond donors (Lipinski definition) is 0. The van der Waals surface area contributed by atoms with Crippen LogP contribution in [-0.2, 0) is 11.3 Å². The number of piperidine rings is 1. The molecule has 2 saturated heterocycles. The summed E-state index contributed by atoms with van der Waals surface area (Å²) in [6.45, 7) is 4.53. The Morgan fingerprint density at radius 1 is 1.22 bits per heavy atom. The first kappa shape index (κ1) is 18.3. The predicted octanol–water partition coefficient (Wildman–Crippen LogP) is 3.54. The number of methoxy groups -OCH3 is 1. The third-order valence-electron chi connectivity index (χ3n) is 5.78. The van der Waals surface area contributed by atoms with Crippen molar-refractivity contribution in [2.45, 2.75) is 31.9 Å². The van der Waals surface area contributed by atoms with Gasteiger partial charge in [-0.2, -0.15) is 0 Å². The Morgan fingerprint density at radius 2 is 2.11 bits per heavy atom. The van der Waals surface area contributed by atoms with Crippen LogP contribution in [0.2, 0.25) is 0 Å². The summed E-state index contributed by atoms with van der Waals surface area (Å²) in [6, 6.07) is 14.2. The summed E-state index contributed by atoms with van der Waals surface area (Å²) in [4.78, 5) is 6.85. The molecule has 0 amide bonds. The van der Waals surface area contributed by atoms with Gasteiger partial charge in [0.05, 0.1) is 19.8 Å². The second kappa shape index (κ2) is 8.28. The minimum atomic E-state index is 0.0422. The minimum absolute atomic E-state index is 0.0422. The molecule has 0 aliphatic carbocycles. The molecule has 0 bridgehead atoms. The lowest BCUT2D eigenvalue weighted by atomic mass is 9.73. The fraction of sp³-hybridized carbons (Fsp3) is 0.500. The molecule has 0 spiro atoms. The molecule has 2 aliphatic rings. The van der Waals surface area contributed by atoms with Crippen molar-refractivity contribution in [2.24, 2.45) is 5.41 Å². The molecule has 3 heterocycles. The molecule has 27 heavy (non-hydrogen) atoms. The summed E-state index contributed by atoms with van der Waals surface area (Å²) < 4.78 is 17.5. The Labute approximate surface area is 161 Å². The molecule has 2 aromatic rings. The topological polar surface area (TPSA) is 43.8 Å². The standard InChI is InChI=1S/C22H28N2O3/c1-25-19-8-6-18(7-9-19)15-24-13-10-20-22(16-24,11-4-14-26-20)17-27-21-5-2-3-12-23-21/h2-3,5-9,12,20H,4,10-11,13-17H2,1H3/t20-,22-/m1/s1. The number of fused-ring (bicyclic) bond motifs is 1. The quantitative estimate of drug-likeness (QED) is 0.780. The van der Waals surface area contributed by atoms with Crippen LogP contribution in [-0.4, -0.2) is 49.4 Å². The summed E-state index contributed by atoms with van der Waals surface area (Å²) in [5, 5.41) is 0. The van der Waals surface area contributed by atoms with Gasteiger partial charge in [0, 0.05) is 43.9 Å². The summed E-state index contributed by atoms with van der Waals surface area (Å²) >= 11 is 0. The third kappa shape index (κ3) is 4.25. The molecule has 0 saturated carbocycles. The normalized spacial score (nSPS) is 25.6. The van der Waals surface area contributed by atoms with E-state index in [-0.39, 0.29) is 11.5 Å². The van der Waals surface area contributed by atoms with E-state index < -0.39 is 0 Å². The Balaban J connectivity index is 1.45. The molecule has 144 valence electrons. The minimum Gasteiger partial charge on any atom is -0.497 e. The van der Waals surface area contributed by atoms with E-state index in [4.69, 9.17) is 14.2 Å². The molecule has 4 rings (SSSR count). The van der Waals surface area contributed by atoms with Crippen molar-refractivity contribution in [3.8, 4) is 11.6 Å². The maximum absolute atomic E-state index is 6.16. The number of ether oxygens (including phenoxy) is 3. The zero-order valence-electron chi connectivity index (χ0n) is 16.0. The first-order chi connectivity index (χ1) is 13.3. The molecule has 2 fully saturated rings. The molecule has 1 aromatic heterocycles. The number of benzene rings is 1. The van der Waals surface area contributed by atoms with E-state index in [9.17, 15) is 0 Å². The Kier molecular flexibility index (Phi) is 5.60. The smallest absolute Gasteiger partial charge is 0.213 e. The van der Waals surface area contributed by atoms with Crippen molar-refractivity contribution in [3.05, 3.63) is 54.2 Å². The highest BCUT2D eigenvalue weighted by Crippen LogP contribution is 2.41. The predicted molar refractivity (Wildman–Crippen MR) is 104 cm³/mol. The van der Waals surface area contributed by atoms with Gasteiger partial charge in [-0.25, -0.2) is 4.98 Å². The second-order valence-corrected chi connectivity index (χ2v) is 7.63. The third-order valence-corrected chi connectivity index (χ3v) is 5.78. The van der Waals surface area contributed by atoms with Crippen molar-refractivity contribution in [3.63, 3.8) is 0 Å². The Morgan fingerprint density at radius 3 is 2.89 bits per heavy atom. The largest absolute Gasteiger partial charge is 0.497 e. The summed E-state index contributed by atoms with van der Waals surface area (Å²) in [7, 11) is 1.70. The summed E-state index contributed by atoms with van der Waals surface area (Å²) in [5.74, 6) is 1.60. The average Bonchev–Trinajstić information content (AvgIpc) is 2.73. The molecular weight excluding hydrogens is 340 g/mol. The van der Waals surface area contributed by atoms with E-state index in [1.54, 1.807) is 13.3 Å². The summed E-state index contributed by atoms with van der Waals surface area (Å²) in [5.41, 5.74) is 1.35. The van der Waals surface area contributed by atoms with Gasteiger partial charge in [0.15, 0.2) is 0 Å². The first-order valence-corrected chi connectivity index (χ1v) is 9.78. The molecule has 5 nitrogen and oxygen atoms in total. The molecule has 5 heteroatoms. The van der Waals surface area contributed by atoms with E-state index in [0.717, 1.165) is 51.3 Å². The van der Waals surface area contributed by atoms with Crippen LogP contribution in [0.5, 0.6) is 11.6 Å². The number of pyridine rings is 1. The van der Waals surface area contributed by atoms with E-state index in [0.29, 0.717) is 12.5 Å². The lowest BCUT2D eigenvalue weighted by Crippen LogP contribution is -2.57. The van der Waals surface area contributed by atoms with Crippen LogP contribution in [0.4, 0.5) is 0 Å². The maximum Gasteiger partial charge on any atom is 0.213 e. The number of rotatable bonds is 6. The highest BCUT2D eigenvalue weighted by atomic mass is 16.5. The molecule has 2 aliphatic heterocycles.